The smallest absolute Gasteiger partial charge is 0.161 e. The first-order valence-corrected chi connectivity index (χ1v) is 5.49. The summed E-state index contributed by atoms with van der Waals surface area (Å²) >= 11 is 0. The second-order valence-corrected chi connectivity index (χ2v) is 3.96. The molecule has 4 heteroatoms. The molecule has 0 spiro atoms. The van der Waals surface area contributed by atoms with Gasteiger partial charge in [0.05, 0.1) is 0 Å². The van der Waals surface area contributed by atoms with E-state index in [0.29, 0.717) is 0 Å². The van der Waals surface area contributed by atoms with Gasteiger partial charge in [0.2, 0.25) is 0 Å². The summed E-state index contributed by atoms with van der Waals surface area (Å²) in [5.74, 6) is 1.56. The molecule has 0 unspecified atom stereocenters. The highest BCUT2D eigenvalue weighted by Crippen LogP contribution is 2.19. The van der Waals surface area contributed by atoms with Crippen molar-refractivity contribution in [1.82, 2.24) is 9.97 Å². The van der Waals surface area contributed by atoms with Crippen molar-refractivity contribution >= 4 is 11.5 Å². The van der Waals surface area contributed by atoms with E-state index in [1.165, 1.54) is 5.69 Å². The molecule has 0 saturated carbocycles. The Labute approximate surface area is 101 Å². The molecule has 0 atom stereocenters. The average Bonchev–Trinajstić information content (AvgIpc) is 2.39. The highest BCUT2D eigenvalue weighted by molar-refractivity contribution is 5.61. The quantitative estimate of drug-likeness (QED) is 0.874. The van der Waals surface area contributed by atoms with Gasteiger partial charge in [-0.15, -0.1) is 0 Å². The maximum atomic E-state index is 4.40. The molecular formula is C13H16N4. The molecular weight excluding hydrogens is 212 g/mol. The van der Waals surface area contributed by atoms with E-state index in [1.807, 2.05) is 39.3 Å². The Morgan fingerprint density at radius 2 is 1.76 bits per heavy atom. The maximum absolute atomic E-state index is 4.40. The van der Waals surface area contributed by atoms with E-state index in [0.717, 1.165) is 17.2 Å². The first-order valence-electron chi connectivity index (χ1n) is 5.49. The zero-order valence-electron chi connectivity index (χ0n) is 10.3. The Bertz CT molecular complexity index is 491. The molecule has 2 rings (SSSR count). The van der Waals surface area contributed by atoms with Crippen LogP contribution in [0.4, 0.5) is 11.5 Å². The van der Waals surface area contributed by atoms with Crippen LogP contribution in [0.2, 0.25) is 0 Å². The number of rotatable bonds is 3. The minimum Gasteiger partial charge on any atom is -0.378 e. The topological polar surface area (TPSA) is 41.1 Å². The summed E-state index contributed by atoms with van der Waals surface area (Å²) in [4.78, 5) is 10.7. The van der Waals surface area contributed by atoms with Gasteiger partial charge in [0.25, 0.3) is 0 Å². The standard InChI is InChI=1S/C13H16N4/c1-14-12-8-9-15-13(16-12)10-4-6-11(7-5-10)17(2)3/h4-9H,1-3H3,(H,14,15,16). The summed E-state index contributed by atoms with van der Waals surface area (Å²) in [6, 6.07) is 10.0. The maximum Gasteiger partial charge on any atom is 0.161 e. The second kappa shape index (κ2) is 4.82. The van der Waals surface area contributed by atoms with Crippen LogP contribution in [0.3, 0.4) is 0 Å². The molecule has 4 nitrogen and oxygen atoms in total. The summed E-state index contributed by atoms with van der Waals surface area (Å²) in [6.45, 7) is 0. The molecule has 0 radical (unpaired) electrons. The largest absolute Gasteiger partial charge is 0.378 e. The SMILES string of the molecule is CNc1ccnc(-c2ccc(N(C)C)cc2)n1. The Kier molecular flexibility index (Phi) is 3.23. The van der Waals surface area contributed by atoms with Crippen LogP contribution in [0.5, 0.6) is 0 Å². The molecule has 0 aliphatic heterocycles. The van der Waals surface area contributed by atoms with E-state index in [4.69, 9.17) is 0 Å². The van der Waals surface area contributed by atoms with Crippen molar-refractivity contribution in [1.29, 1.82) is 0 Å². The number of benzene rings is 1. The van der Waals surface area contributed by atoms with Crippen LogP contribution in [0.1, 0.15) is 0 Å². The minimum absolute atomic E-state index is 0.738. The van der Waals surface area contributed by atoms with E-state index >= 15 is 0 Å². The van der Waals surface area contributed by atoms with Crippen LogP contribution < -0.4 is 10.2 Å². The lowest BCUT2D eigenvalue weighted by Crippen LogP contribution is -2.08. The van der Waals surface area contributed by atoms with Gasteiger partial charge in [0, 0.05) is 38.6 Å². The van der Waals surface area contributed by atoms with Gasteiger partial charge in [0.1, 0.15) is 5.82 Å². The monoisotopic (exact) mass is 228 g/mol. The van der Waals surface area contributed by atoms with Crippen LogP contribution in [0.15, 0.2) is 36.5 Å². The summed E-state index contributed by atoms with van der Waals surface area (Å²) in [6.07, 6.45) is 1.76. The number of nitrogens with zero attached hydrogens (tertiary/aromatic N) is 3. The number of aromatic nitrogens is 2. The predicted octanol–water partition coefficient (Wildman–Crippen LogP) is 2.25. The Hall–Kier alpha value is -2.10. The van der Waals surface area contributed by atoms with Crippen LogP contribution in [0.25, 0.3) is 11.4 Å². The van der Waals surface area contributed by atoms with Gasteiger partial charge in [-0.2, -0.15) is 0 Å². The summed E-state index contributed by atoms with van der Waals surface area (Å²) in [5.41, 5.74) is 2.19. The predicted molar refractivity (Wildman–Crippen MR) is 71.3 cm³/mol. The van der Waals surface area contributed by atoms with E-state index < -0.39 is 0 Å². The number of hydrogen-bond donors (Lipinski definition) is 1. The molecule has 0 aliphatic carbocycles. The first kappa shape index (κ1) is 11.4. The van der Waals surface area contributed by atoms with Crippen molar-refractivity contribution < 1.29 is 0 Å². The molecule has 1 heterocycles. The van der Waals surface area contributed by atoms with Gasteiger partial charge in [-0.05, 0) is 30.3 Å². The third-order valence-corrected chi connectivity index (χ3v) is 2.55. The summed E-state index contributed by atoms with van der Waals surface area (Å²) in [5, 5.41) is 3.01. The van der Waals surface area contributed by atoms with Crippen LogP contribution in [-0.4, -0.2) is 31.1 Å². The highest BCUT2D eigenvalue weighted by Gasteiger charge is 2.02. The van der Waals surface area contributed by atoms with Crippen molar-refractivity contribution in [3.8, 4) is 11.4 Å². The lowest BCUT2D eigenvalue weighted by atomic mass is 10.2. The van der Waals surface area contributed by atoms with Gasteiger partial charge in [-0.3, -0.25) is 0 Å². The van der Waals surface area contributed by atoms with Gasteiger partial charge in [-0.1, -0.05) is 0 Å². The number of hydrogen-bond acceptors (Lipinski definition) is 4. The van der Waals surface area contributed by atoms with Gasteiger partial charge in [0.15, 0.2) is 5.82 Å². The Morgan fingerprint density at radius 1 is 1.06 bits per heavy atom. The fraction of sp³-hybridized carbons (Fsp3) is 0.231. The normalized spacial score (nSPS) is 10.1. The molecule has 0 bridgehead atoms. The molecule has 17 heavy (non-hydrogen) atoms. The van der Waals surface area contributed by atoms with Crippen molar-refractivity contribution in [2.24, 2.45) is 0 Å². The lowest BCUT2D eigenvalue weighted by molar-refractivity contribution is 1.13. The van der Waals surface area contributed by atoms with Crippen molar-refractivity contribution in [2.45, 2.75) is 0 Å². The fourth-order valence-electron chi connectivity index (χ4n) is 1.55. The summed E-state index contributed by atoms with van der Waals surface area (Å²) in [7, 11) is 5.89. The van der Waals surface area contributed by atoms with Gasteiger partial charge in [-0.25, -0.2) is 9.97 Å². The van der Waals surface area contributed by atoms with E-state index in [-0.39, 0.29) is 0 Å². The minimum atomic E-state index is 0.738. The van der Waals surface area contributed by atoms with Crippen LogP contribution in [-0.2, 0) is 0 Å². The van der Waals surface area contributed by atoms with E-state index in [9.17, 15) is 0 Å². The first-order chi connectivity index (χ1) is 8.20. The Balaban J connectivity index is 2.32. The van der Waals surface area contributed by atoms with E-state index in [1.54, 1.807) is 6.20 Å². The molecule has 1 aromatic carbocycles. The molecule has 2 aromatic rings. The van der Waals surface area contributed by atoms with Crippen LogP contribution in [0, 0.1) is 0 Å². The van der Waals surface area contributed by atoms with Crippen molar-refractivity contribution in [3.05, 3.63) is 36.5 Å². The molecule has 1 N–H and O–H groups in total. The van der Waals surface area contributed by atoms with Crippen molar-refractivity contribution in [3.63, 3.8) is 0 Å². The molecule has 0 amide bonds. The number of nitrogens with one attached hydrogen (secondary N) is 1. The Morgan fingerprint density at radius 3 is 2.35 bits per heavy atom. The molecule has 0 fully saturated rings. The lowest BCUT2D eigenvalue weighted by Gasteiger charge is -2.12. The highest BCUT2D eigenvalue weighted by atomic mass is 15.1. The van der Waals surface area contributed by atoms with E-state index in [2.05, 4.69) is 32.3 Å². The fourth-order valence-corrected chi connectivity index (χ4v) is 1.55. The van der Waals surface area contributed by atoms with Gasteiger partial charge >= 0.3 is 0 Å². The number of anilines is 2. The van der Waals surface area contributed by atoms with Crippen molar-refractivity contribution in [2.75, 3.05) is 31.4 Å². The summed E-state index contributed by atoms with van der Waals surface area (Å²) < 4.78 is 0. The molecule has 1 aromatic heterocycles. The second-order valence-electron chi connectivity index (χ2n) is 3.96. The van der Waals surface area contributed by atoms with Gasteiger partial charge < -0.3 is 10.2 Å². The molecule has 0 saturated heterocycles. The zero-order chi connectivity index (χ0) is 12.3. The zero-order valence-corrected chi connectivity index (χ0v) is 10.3. The third-order valence-electron chi connectivity index (χ3n) is 2.55. The molecule has 88 valence electrons. The third kappa shape index (κ3) is 2.53. The average molecular weight is 228 g/mol. The molecule has 0 aliphatic rings. The van der Waals surface area contributed by atoms with Crippen LogP contribution >= 0.6 is 0 Å².